The van der Waals surface area contributed by atoms with Gasteiger partial charge < -0.3 is 5.11 Å². The summed E-state index contributed by atoms with van der Waals surface area (Å²) in [5.41, 5.74) is 2.03. The highest BCUT2D eigenvalue weighted by molar-refractivity contribution is 5.91. The van der Waals surface area contributed by atoms with E-state index in [2.05, 4.69) is 0 Å². The number of halogens is 1. The first-order chi connectivity index (χ1) is 6.06. The molecule has 0 aliphatic rings. The third-order valence-corrected chi connectivity index (χ3v) is 1.96. The Morgan fingerprint density at radius 2 is 1.85 bits per heavy atom. The Labute approximate surface area is 76.0 Å². The quantitative estimate of drug-likeness (QED) is 0.762. The standard InChI is InChI=1S/C10H11FO2/c1-6-3-8(5-11)4-7(2)9(6)10(12)13/h3-4H,5H2,1-2H3,(H,12,13). The maximum atomic E-state index is 12.3. The summed E-state index contributed by atoms with van der Waals surface area (Å²) in [6, 6.07) is 3.13. The zero-order chi connectivity index (χ0) is 10.0. The van der Waals surface area contributed by atoms with Gasteiger partial charge in [0.1, 0.15) is 6.67 Å². The van der Waals surface area contributed by atoms with Crippen molar-refractivity contribution in [2.45, 2.75) is 20.5 Å². The molecular weight excluding hydrogens is 171 g/mol. The zero-order valence-electron chi connectivity index (χ0n) is 7.60. The second-order valence-corrected chi connectivity index (χ2v) is 3.04. The van der Waals surface area contributed by atoms with E-state index in [1.54, 1.807) is 26.0 Å². The van der Waals surface area contributed by atoms with Crippen molar-refractivity contribution in [3.63, 3.8) is 0 Å². The lowest BCUT2D eigenvalue weighted by molar-refractivity contribution is 0.0695. The number of aryl methyl sites for hydroxylation is 2. The molecule has 0 amide bonds. The van der Waals surface area contributed by atoms with E-state index < -0.39 is 12.6 Å². The van der Waals surface area contributed by atoms with Gasteiger partial charge in [0.05, 0.1) is 5.56 Å². The number of alkyl halides is 1. The van der Waals surface area contributed by atoms with Gasteiger partial charge in [0, 0.05) is 0 Å². The molecule has 0 unspecified atom stereocenters. The van der Waals surface area contributed by atoms with Crippen LogP contribution >= 0.6 is 0 Å². The Kier molecular flexibility index (Phi) is 2.66. The molecular formula is C10H11FO2. The summed E-state index contributed by atoms with van der Waals surface area (Å²) in [4.78, 5) is 10.7. The van der Waals surface area contributed by atoms with E-state index >= 15 is 0 Å². The van der Waals surface area contributed by atoms with Gasteiger partial charge in [-0.3, -0.25) is 0 Å². The summed E-state index contributed by atoms with van der Waals surface area (Å²) in [7, 11) is 0. The molecule has 1 aromatic rings. The van der Waals surface area contributed by atoms with E-state index in [0.717, 1.165) is 0 Å². The van der Waals surface area contributed by atoms with Crippen molar-refractivity contribution in [2.75, 3.05) is 0 Å². The van der Waals surface area contributed by atoms with Crippen molar-refractivity contribution in [3.8, 4) is 0 Å². The summed E-state index contributed by atoms with van der Waals surface area (Å²) in [6.45, 7) is 2.80. The van der Waals surface area contributed by atoms with E-state index in [9.17, 15) is 9.18 Å². The molecule has 0 aliphatic carbocycles. The summed E-state index contributed by atoms with van der Waals surface area (Å²) < 4.78 is 12.3. The largest absolute Gasteiger partial charge is 0.478 e. The Bertz CT molecular complexity index is 322. The third-order valence-electron chi connectivity index (χ3n) is 1.96. The predicted octanol–water partition coefficient (Wildman–Crippen LogP) is 2.47. The summed E-state index contributed by atoms with van der Waals surface area (Å²) >= 11 is 0. The fourth-order valence-corrected chi connectivity index (χ4v) is 1.47. The van der Waals surface area contributed by atoms with Crippen molar-refractivity contribution in [3.05, 3.63) is 34.4 Å². The molecule has 0 radical (unpaired) electrons. The molecule has 0 spiro atoms. The molecule has 0 aromatic heterocycles. The first-order valence-corrected chi connectivity index (χ1v) is 3.95. The summed E-state index contributed by atoms with van der Waals surface area (Å²) in [6.07, 6.45) is 0. The molecule has 0 saturated carbocycles. The monoisotopic (exact) mass is 182 g/mol. The Morgan fingerprint density at radius 1 is 1.38 bits per heavy atom. The molecule has 13 heavy (non-hydrogen) atoms. The molecule has 0 atom stereocenters. The lowest BCUT2D eigenvalue weighted by Crippen LogP contribution is -2.03. The number of hydrogen-bond acceptors (Lipinski definition) is 1. The first kappa shape index (κ1) is 9.71. The molecule has 2 nitrogen and oxygen atoms in total. The molecule has 1 aromatic carbocycles. The predicted molar refractivity (Wildman–Crippen MR) is 47.7 cm³/mol. The van der Waals surface area contributed by atoms with E-state index in [4.69, 9.17) is 5.11 Å². The SMILES string of the molecule is Cc1cc(CF)cc(C)c1C(=O)O. The van der Waals surface area contributed by atoms with Crippen LogP contribution in [0.4, 0.5) is 4.39 Å². The Morgan fingerprint density at radius 3 is 2.15 bits per heavy atom. The van der Waals surface area contributed by atoms with E-state index in [0.29, 0.717) is 16.7 Å². The highest BCUT2D eigenvalue weighted by Crippen LogP contribution is 2.17. The molecule has 0 bridgehead atoms. The second-order valence-electron chi connectivity index (χ2n) is 3.04. The van der Waals surface area contributed by atoms with Gasteiger partial charge in [0.25, 0.3) is 0 Å². The number of carbonyl (C=O) groups is 1. The fraction of sp³-hybridized carbons (Fsp3) is 0.300. The summed E-state index contributed by atoms with van der Waals surface area (Å²) in [5, 5.41) is 8.82. The minimum absolute atomic E-state index is 0.275. The average Bonchev–Trinajstić information content (AvgIpc) is 2.02. The maximum absolute atomic E-state index is 12.3. The highest BCUT2D eigenvalue weighted by atomic mass is 19.1. The fourth-order valence-electron chi connectivity index (χ4n) is 1.47. The highest BCUT2D eigenvalue weighted by Gasteiger charge is 2.11. The lowest BCUT2D eigenvalue weighted by Gasteiger charge is -2.06. The van der Waals surface area contributed by atoms with Gasteiger partial charge in [-0.25, -0.2) is 9.18 Å². The van der Waals surface area contributed by atoms with Crippen LogP contribution in [0.3, 0.4) is 0 Å². The third kappa shape index (κ3) is 1.86. The molecule has 0 aliphatic heterocycles. The van der Waals surface area contributed by atoms with Crippen LogP contribution in [-0.4, -0.2) is 11.1 Å². The van der Waals surface area contributed by atoms with Gasteiger partial charge >= 0.3 is 5.97 Å². The molecule has 0 fully saturated rings. The van der Waals surface area contributed by atoms with Gasteiger partial charge in [0.2, 0.25) is 0 Å². The van der Waals surface area contributed by atoms with Crippen LogP contribution < -0.4 is 0 Å². The molecule has 3 heteroatoms. The lowest BCUT2D eigenvalue weighted by atomic mass is 10.00. The van der Waals surface area contributed by atoms with Crippen molar-refractivity contribution in [1.82, 2.24) is 0 Å². The van der Waals surface area contributed by atoms with Crippen LogP contribution in [0.25, 0.3) is 0 Å². The van der Waals surface area contributed by atoms with E-state index in [-0.39, 0.29) is 5.56 Å². The average molecular weight is 182 g/mol. The molecule has 1 rings (SSSR count). The van der Waals surface area contributed by atoms with E-state index in [1.165, 1.54) is 0 Å². The minimum Gasteiger partial charge on any atom is -0.478 e. The normalized spacial score (nSPS) is 10.1. The summed E-state index contributed by atoms with van der Waals surface area (Å²) in [5.74, 6) is -0.958. The number of benzene rings is 1. The van der Waals surface area contributed by atoms with Crippen LogP contribution in [0.2, 0.25) is 0 Å². The second kappa shape index (κ2) is 3.56. The van der Waals surface area contributed by atoms with Crippen molar-refractivity contribution in [2.24, 2.45) is 0 Å². The van der Waals surface area contributed by atoms with E-state index in [1.807, 2.05) is 0 Å². The number of rotatable bonds is 2. The van der Waals surface area contributed by atoms with Gasteiger partial charge in [-0.2, -0.15) is 0 Å². The van der Waals surface area contributed by atoms with Crippen LogP contribution in [0.1, 0.15) is 27.0 Å². The Hall–Kier alpha value is -1.38. The molecule has 70 valence electrons. The number of aromatic carboxylic acids is 1. The van der Waals surface area contributed by atoms with Crippen LogP contribution in [0.5, 0.6) is 0 Å². The molecule has 0 heterocycles. The first-order valence-electron chi connectivity index (χ1n) is 3.95. The zero-order valence-corrected chi connectivity index (χ0v) is 7.60. The van der Waals surface area contributed by atoms with Gasteiger partial charge in [0.15, 0.2) is 0 Å². The van der Waals surface area contributed by atoms with Gasteiger partial charge in [-0.15, -0.1) is 0 Å². The van der Waals surface area contributed by atoms with Crippen molar-refractivity contribution in [1.29, 1.82) is 0 Å². The number of carboxylic acid groups (broad SMARTS) is 1. The smallest absolute Gasteiger partial charge is 0.336 e. The van der Waals surface area contributed by atoms with Crippen LogP contribution in [0, 0.1) is 13.8 Å². The van der Waals surface area contributed by atoms with Crippen molar-refractivity contribution >= 4 is 5.97 Å². The number of hydrogen-bond donors (Lipinski definition) is 1. The van der Waals surface area contributed by atoms with Crippen LogP contribution in [-0.2, 0) is 6.67 Å². The van der Waals surface area contributed by atoms with Crippen LogP contribution in [0.15, 0.2) is 12.1 Å². The Balaban J connectivity index is 3.31. The number of carboxylic acids is 1. The molecule has 0 saturated heterocycles. The van der Waals surface area contributed by atoms with Gasteiger partial charge in [-0.05, 0) is 30.5 Å². The maximum Gasteiger partial charge on any atom is 0.336 e. The van der Waals surface area contributed by atoms with Crippen molar-refractivity contribution < 1.29 is 14.3 Å². The molecule has 1 N–H and O–H groups in total. The topological polar surface area (TPSA) is 37.3 Å². The van der Waals surface area contributed by atoms with Gasteiger partial charge in [-0.1, -0.05) is 12.1 Å². The minimum atomic E-state index is -0.958.